The average Bonchev–Trinajstić information content (AvgIpc) is 2.82. The fraction of sp³-hybridized carbons (Fsp3) is 0.0833. The first-order valence-corrected chi connectivity index (χ1v) is 6.56. The summed E-state index contributed by atoms with van der Waals surface area (Å²) < 4.78 is 2.80. The number of para-hydroxylation sites is 2. The molecule has 0 aliphatic carbocycles. The summed E-state index contributed by atoms with van der Waals surface area (Å²) in [5.41, 5.74) is 2.17. The Balaban J connectivity index is 2.19. The van der Waals surface area contributed by atoms with Crippen LogP contribution in [0.1, 0.15) is 4.44 Å². The van der Waals surface area contributed by atoms with Gasteiger partial charge in [-0.1, -0.05) is 0 Å². The summed E-state index contributed by atoms with van der Waals surface area (Å²) in [5, 5.41) is 0. The van der Waals surface area contributed by atoms with E-state index in [1.54, 1.807) is 0 Å². The van der Waals surface area contributed by atoms with Gasteiger partial charge in [0, 0.05) is 0 Å². The number of hydrogen-bond acceptors (Lipinski definition) is 1. The fourth-order valence-corrected chi connectivity index (χ4v) is 3.34. The van der Waals surface area contributed by atoms with Crippen molar-refractivity contribution in [3.63, 3.8) is 0 Å². The van der Waals surface area contributed by atoms with E-state index in [1.165, 1.54) is 8.87 Å². The quantitative estimate of drug-likeness (QED) is 0.670. The van der Waals surface area contributed by atoms with Crippen molar-refractivity contribution in [1.82, 2.24) is 9.97 Å². The van der Waals surface area contributed by atoms with Gasteiger partial charge in [-0.05, 0) is 0 Å². The van der Waals surface area contributed by atoms with Crippen LogP contribution in [0.5, 0.6) is 0 Å². The van der Waals surface area contributed by atoms with E-state index in [0.717, 1.165) is 16.9 Å². The molecular formula is C12H10N2Se. The third-order valence-electron chi connectivity index (χ3n) is 2.36. The molecule has 0 unspecified atom stereocenters. The summed E-state index contributed by atoms with van der Waals surface area (Å²) in [4.78, 5) is 7.95. The number of aromatic amines is 1. The Labute approximate surface area is 93.7 Å². The van der Waals surface area contributed by atoms with Crippen LogP contribution in [0.2, 0.25) is 0 Å². The van der Waals surface area contributed by atoms with E-state index in [2.05, 4.69) is 35.1 Å². The summed E-state index contributed by atoms with van der Waals surface area (Å²) in [5.74, 6) is 1.03. The van der Waals surface area contributed by atoms with E-state index >= 15 is 0 Å². The van der Waals surface area contributed by atoms with E-state index in [-0.39, 0.29) is 0 Å². The van der Waals surface area contributed by atoms with E-state index in [1.807, 2.05) is 18.2 Å². The number of nitrogens with one attached hydrogen (secondary N) is 1. The second kappa shape index (κ2) is 3.37. The number of nitrogens with zero attached hydrogens (tertiary/aromatic N) is 1. The Morgan fingerprint density at radius 3 is 2.73 bits per heavy atom. The molecule has 0 fully saturated rings. The summed E-state index contributed by atoms with van der Waals surface area (Å²) in [6.07, 6.45) is 0. The second-order valence-electron chi connectivity index (χ2n) is 3.51. The molecule has 2 heterocycles. The molecule has 0 saturated heterocycles. The van der Waals surface area contributed by atoms with Gasteiger partial charge < -0.3 is 0 Å². The predicted molar refractivity (Wildman–Crippen MR) is 63.2 cm³/mol. The molecule has 0 radical (unpaired) electrons. The summed E-state index contributed by atoms with van der Waals surface area (Å²) in [7, 11) is 0. The zero-order chi connectivity index (χ0) is 10.3. The zero-order valence-corrected chi connectivity index (χ0v) is 10.0. The molecule has 0 spiro atoms. The number of benzene rings is 1. The van der Waals surface area contributed by atoms with Crippen LogP contribution in [-0.4, -0.2) is 24.5 Å². The van der Waals surface area contributed by atoms with Crippen molar-refractivity contribution in [3.05, 3.63) is 40.8 Å². The first kappa shape index (κ1) is 8.95. The molecule has 15 heavy (non-hydrogen) atoms. The molecular weight excluding hydrogens is 251 g/mol. The maximum atomic E-state index is 4.59. The Morgan fingerprint density at radius 1 is 1.13 bits per heavy atom. The van der Waals surface area contributed by atoms with Crippen LogP contribution in [0.25, 0.3) is 21.3 Å². The van der Waals surface area contributed by atoms with Crippen molar-refractivity contribution in [2.45, 2.75) is 6.92 Å². The molecule has 2 nitrogen and oxygen atoms in total. The molecule has 3 aromatic rings. The van der Waals surface area contributed by atoms with Crippen LogP contribution in [-0.2, 0) is 0 Å². The predicted octanol–water partition coefficient (Wildman–Crippen LogP) is 2.60. The minimum atomic E-state index is 0.452. The van der Waals surface area contributed by atoms with Crippen LogP contribution in [0, 0.1) is 6.92 Å². The molecule has 74 valence electrons. The van der Waals surface area contributed by atoms with Gasteiger partial charge in [-0.15, -0.1) is 0 Å². The van der Waals surface area contributed by atoms with Crippen molar-refractivity contribution < 1.29 is 0 Å². The average molecular weight is 261 g/mol. The van der Waals surface area contributed by atoms with Crippen molar-refractivity contribution in [2.75, 3.05) is 0 Å². The van der Waals surface area contributed by atoms with Crippen LogP contribution < -0.4 is 0 Å². The summed E-state index contributed by atoms with van der Waals surface area (Å²) in [6, 6.07) is 12.5. The van der Waals surface area contributed by atoms with Gasteiger partial charge in [0.05, 0.1) is 0 Å². The fourth-order valence-electron chi connectivity index (χ4n) is 1.63. The molecule has 2 aromatic heterocycles. The van der Waals surface area contributed by atoms with E-state index in [9.17, 15) is 0 Å². The second-order valence-corrected chi connectivity index (χ2v) is 6.21. The molecule has 0 saturated carbocycles. The van der Waals surface area contributed by atoms with Gasteiger partial charge in [0.15, 0.2) is 0 Å². The normalized spacial score (nSPS) is 11.0. The Morgan fingerprint density at radius 2 is 2.00 bits per heavy atom. The summed E-state index contributed by atoms with van der Waals surface area (Å²) >= 11 is 0.452. The van der Waals surface area contributed by atoms with Gasteiger partial charge in [-0.2, -0.15) is 0 Å². The molecule has 1 aromatic carbocycles. The number of H-pyrrole nitrogens is 1. The first-order valence-electron chi connectivity index (χ1n) is 4.84. The van der Waals surface area contributed by atoms with E-state index in [0.29, 0.717) is 14.5 Å². The topological polar surface area (TPSA) is 28.7 Å². The van der Waals surface area contributed by atoms with Crippen LogP contribution in [0.15, 0.2) is 36.4 Å². The van der Waals surface area contributed by atoms with Crippen LogP contribution in [0.4, 0.5) is 0 Å². The molecule has 0 atom stereocenters. The Bertz CT molecular complexity index is 574. The van der Waals surface area contributed by atoms with E-state index in [4.69, 9.17) is 0 Å². The van der Waals surface area contributed by atoms with Gasteiger partial charge in [0.25, 0.3) is 0 Å². The van der Waals surface area contributed by atoms with Crippen molar-refractivity contribution in [1.29, 1.82) is 0 Å². The number of aromatic nitrogens is 2. The Hall–Kier alpha value is -1.31. The number of hydrogen-bond donors (Lipinski definition) is 1. The monoisotopic (exact) mass is 262 g/mol. The van der Waals surface area contributed by atoms with Gasteiger partial charge in [0.1, 0.15) is 0 Å². The third kappa shape index (κ3) is 1.54. The molecule has 0 aliphatic rings. The van der Waals surface area contributed by atoms with Gasteiger partial charge in [0.2, 0.25) is 0 Å². The number of fused-ring (bicyclic) bond motifs is 1. The van der Waals surface area contributed by atoms with Crippen LogP contribution in [0.3, 0.4) is 0 Å². The molecule has 1 N–H and O–H groups in total. The molecule has 0 bridgehead atoms. The SMILES string of the molecule is Cc1ccc(-c2nc3ccccc3[nH]2)[se]1. The minimum absolute atomic E-state index is 0.452. The number of aryl methyl sites for hydroxylation is 1. The zero-order valence-electron chi connectivity index (χ0n) is 8.32. The standard InChI is InChI=1S/C12H10N2Se/c1-8-6-7-11(15-8)12-13-9-4-2-3-5-10(9)14-12/h2-7H,1H3,(H,13,14). The van der Waals surface area contributed by atoms with Gasteiger partial charge >= 0.3 is 93.5 Å². The Kier molecular flexibility index (Phi) is 2.01. The van der Waals surface area contributed by atoms with E-state index < -0.39 is 0 Å². The summed E-state index contributed by atoms with van der Waals surface area (Å²) in [6.45, 7) is 2.17. The van der Waals surface area contributed by atoms with Gasteiger partial charge in [-0.3, -0.25) is 0 Å². The molecule has 0 aliphatic heterocycles. The van der Waals surface area contributed by atoms with Crippen molar-refractivity contribution in [3.8, 4) is 10.3 Å². The molecule has 3 heteroatoms. The van der Waals surface area contributed by atoms with Crippen molar-refractivity contribution >= 4 is 25.5 Å². The molecule has 3 rings (SSSR count). The third-order valence-corrected chi connectivity index (χ3v) is 4.48. The van der Waals surface area contributed by atoms with Gasteiger partial charge in [-0.25, -0.2) is 0 Å². The van der Waals surface area contributed by atoms with Crippen LogP contribution >= 0.6 is 0 Å². The van der Waals surface area contributed by atoms with Crippen molar-refractivity contribution in [2.24, 2.45) is 0 Å². The number of rotatable bonds is 1. The maximum absolute atomic E-state index is 4.59. The first-order chi connectivity index (χ1) is 7.33. The molecule has 0 amide bonds. The number of imidazole rings is 1.